The summed E-state index contributed by atoms with van der Waals surface area (Å²) in [6, 6.07) is 4.10. The van der Waals surface area contributed by atoms with Gasteiger partial charge in [-0.1, -0.05) is 0 Å². The second-order valence-corrected chi connectivity index (χ2v) is 4.98. The number of guanidine groups is 1. The Bertz CT molecular complexity index is 462. The Hall–Kier alpha value is -1.25. The molecule has 0 saturated carbocycles. The molecule has 1 saturated heterocycles. The zero-order valence-electron chi connectivity index (χ0n) is 12.5. The van der Waals surface area contributed by atoms with Gasteiger partial charge >= 0.3 is 0 Å². The van der Waals surface area contributed by atoms with E-state index in [9.17, 15) is 4.79 Å². The smallest absolute Gasteiger partial charge is 0.222 e. The van der Waals surface area contributed by atoms with E-state index in [2.05, 4.69) is 15.6 Å². The molecule has 118 valence electrons. The number of amides is 1. The lowest BCUT2D eigenvalue weighted by Crippen LogP contribution is -2.51. The highest BCUT2D eigenvalue weighted by Crippen LogP contribution is 2.09. The van der Waals surface area contributed by atoms with Gasteiger partial charge < -0.3 is 20.0 Å². The van der Waals surface area contributed by atoms with Gasteiger partial charge in [0.15, 0.2) is 5.96 Å². The van der Waals surface area contributed by atoms with E-state index in [4.69, 9.17) is 4.42 Å². The van der Waals surface area contributed by atoms with E-state index in [1.54, 1.807) is 18.2 Å². The number of furan rings is 1. The van der Waals surface area contributed by atoms with Crippen molar-refractivity contribution in [3.63, 3.8) is 0 Å². The van der Waals surface area contributed by atoms with Crippen LogP contribution in [0.3, 0.4) is 0 Å². The maximum Gasteiger partial charge on any atom is 0.222 e. The summed E-state index contributed by atoms with van der Waals surface area (Å²) in [5.41, 5.74) is 0. The van der Waals surface area contributed by atoms with Crippen molar-refractivity contribution in [3.05, 3.63) is 24.2 Å². The van der Waals surface area contributed by atoms with Gasteiger partial charge in [0.2, 0.25) is 5.91 Å². The van der Waals surface area contributed by atoms with Gasteiger partial charge in [-0.3, -0.25) is 9.79 Å². The third-order valence-electron chi connectivity index (χ3n) is 3.44. The number of halogens is 1. The van der Waals surface area contributed by atoms with Crippen LogP contribution in [0.4, 0.5) is 0 Å². The number of likely N-dealkylation sites (N-methyl/N-ethyl adjacent to an activating group) is 1. The van der Waals surface area contributed by atoms with Crippen molar-refractivity contribution in [1.29, 1.82) is 0 Å². The van der Waals surface area contributed by atoms with Crippen LogP contribution in [-0.2, 0) is 11.2 Å². The predicted molar refractivity (Wildman–Crippen MR) is 93.0 cm³/mol. The summed E-state index contributed by atoms with van der Waals surface area (Å²) in [5.74, 6) is 1.93. The fraction of sp³-hybridized carbons (Fsp3) is 0.571. The fourth-order valence-corrected chi connectivity index (χ4v) is 2.28. The first-order chi connectivity index (χ1) is 9.69. The molecule has 1 aliphatic rings. The van der Waals surface area contributed by atoms with Gasteiger partial charge in [-0.2, -0.15) is 0 Å². The van der Waals surface area contributed by atoms with Crippen molar-refractivity contribution in [2.24, 2.45) is 4.99 Å². The van der Waals surface area contributed by atoms with Gasteiger partial charge in [0.1, 0.15) is 5.76 Å². The Labute approximate surface area is 142 Å². The molecule has 7 heteroatoms. The molecule has 1 atom stereocenters. The van der Waals surface area contributed by atoms with Crippen LogP contribution < -0.4 is 10.6 Å². The molecule has 1 amide bonds. The molecule has 1 aromatic heterocycles. The standard InChI is InChI=1S/C14H22N4O2.HI/c1-15-14(16-8-7-12-4-3-9-20-12)17-11-5-6-13(19)18(2)10-11;/h3-4,9,11H,5-8,10H2,1-2H3,(H2,15,16,17);1H. The molecule has 0 radical (unpaired) electrons. The van der Waals surface area contributed by atoms with E-state index in [0.29, 0.717) is 6.42 Å². The number of nitrogens with zero attached hydrogens (tertiary/aromatic N) is 2. The molecule has 1 aromatic rings. The van der Waals surface area contributed by atoms with Crippen molar-refractivity contribution in [2.45, 2.75) is 25.3 Å². The highest BCUT2D eigenvalue weighted by molar-refractivity contribution is 14.0. The minimum atomic E-state index is 0. The molecule has 21 heavy (non-hydrogen) atoms. The molecule has 0 aliphatic carbocycles. The molecule has 2 N–H and O–H groups in total. The molecule has 0 bridgehead atoms. The first-order valence-corrected chi connectivity index (χ1v) is 6.92. The quantitative estimate of drug-likeness (QED) is 0.449. The number of carbonyl (C=O) groups excluding carboxylic acids is 1. The van der Waals surface area contributed by atoms with Crippen LogP contribution in [0, 0.1) is 0 Å². The molecular weight excluding hydrogens is 383 g/mol. The van der Waals surface area contributed by atoms with Crippen molar-refractivity contribution in [1.82, 2.24) is 15.5 Å². The predicted octanol–water partition coefficient (Wildman–Crippen LogP) is 1.23. The average molecular weight is 406 g/mol. The topological polar surface area (TPSA) is 69.9 Å². The van der Waals surface area contributed by atoms with Crippen LogP contribution in [0.2, 0.25) is 0 Å². The van der Waals surface area contributed by atoms with Crippen molar-refractivity contribution >= 4 is 35.8 Å². The largest absolute Gasteiger partial charge is 0.469 e. The summed E-state index contributed by atoms with van der Waals surface area (Å²) in [6.45, 7) is 1.48. The Balaban J connectivity index is 0.00000220. The SMILES string of the molecule is CN=C(NCCc1ccco1)NC1CCC(=O)N(C)C1.I. The molecule has 1 aliphatic heterocycles. The minimum absolute atomic E-state index is 0. The van der Waals surface area contributed by atoms with Crippen LogP contribution in [-0.4, -0.2) is 50.0 Å². The summed E-state index contributed by atoms with van der Waals surface area (Å²) < 4.78 is 5.28. The van der Waals surface area contributed by atoms with Crippen LogP contribution in [0.5, 0.6) is 0 Å². The van der Waals surface area contributed by atoms with E-state index in [-0.39, 0.29) is 35.9 Å². The zero-order chi connectivity index (χ0) is 14.4. The number of rotatable bonds is 4. The lowest BCUT2D eigenvalue weighted by atomic mass is 10.1. The van der Waals surface area contributed by atoms with Crippen LogP contribution >= 0.6 is 24.0 Å². The van der Waals surface area contributed by atoms with E-state index in [0.717, 1.165) is 37.7 Å². The van der Waals surface area contributed by atoms with Crippen LogP contribution in [0.25, 0.3) is 0 Å². The van der Waals surface area contributed by atoms with E-state index >= 15 is 0 Å². The van der Waals surface area contributed by atoms with E-state index < -0.39 is 0 Å². The lowest BCUT2D eigenvalue weighted by molar-refractivity contribution is -0.132. The second kappa shape index (κ2) is 8.91. The van der Waals surface area contributed by atoms with Gasteiger partial charge in [0, 0.05) is 46.1 Å². The number of hydrogen-bond donors (Lipinski definition) is 2. The number of nitrogens with one attached hydrogen (secondary N) is 2. The fourth-order valence-electron chi connectivity index (χ4n) is 2.28. The third-order valence-corrected chi connectivity index (χ3v) is 3.44. The Morgan fingerprint density at radius 1 is 1.57 bits per heavy atom. The van der Waals surface area contributed by atoms with E-state index in [1.165, 1.54) is 0 Å². The summed E-state index contributed by atoms with van der Waals surface area (Å²) in [7, 11) is 3.59. The summed E-state index contributed by atoms with van der Waals surface area (Å²) in [5, 5.41) is 6.61. The van der Waals surface area contributed by atoms with Gasteiger partial charge in [0.25, 0.3) is 0 Å². The maximum absolute atomic E-state index is 11.4. The number of piperidine rings is 1. The molecule has 2 heterocycles. The normalized spacial score (nSPS) is 19.1. The third kappa shape index (κ3) is 5.56. The maximum atomic E-state index is 11.4. The Kier molecular flexibility index (Phi) is 7.55. The molecule has 1 unspecified atom stereocenters. The second-order valence-electron chi connectivity index (χ2n) is 4.98. The van der Waals surface area contributed by atoms with Gasteiger partial charge in [0.05, 0.1) is 6.26 Å². The van der Waals surface area contributed by atoms with Gasteiger partial charge in [-0.25, -0.2) is 0 Å². The first kappa shape index (κ1) is 17.8. The van der Waals surface area contributed by atoms with Crippen LogP contribution in [0.1, 0.15) is 18.6 Å². The van der Waals surface area contributed by atoms with Gasteiger partial charge in [-0.15, -0.1) is 24.0 Å². The summed E-state index contributed by atoms with van der Waals surface area (Å²) >= 11 is 0. The molecule has 1 fully saturated rings. The number of carbonyl (C=O) groups is 1. The highest BCUT2D eigenvalue weighted by Gasteiger charge is 2.23. The molecule has 0 aromatic carbocycles. The first-order valence-electron chi connectivity index (χ1n) is 6.92. The van der Waals surface area contributed by atoms with E-state index in [1.807, 2.05) is 19.2 Å². The number of aliphatic imine (C=N–C) groups is 1. The summed E-state index contributed by atoms with van der Waals surface area (Å²) in [4.78, 5) is 17.4. The summed E-state index contributed by atoms with van der Waals surface area (Å²) in [6.07, 6.45) is 3.94. The van der Waals surface area contributed by atoms with Crippen LogP contribution in [0.15, 0.2) is 27.8 Å². The monoisotopic (exact) mass is 406 g/mol. The Morgan fingerprint density at radius 3 is 3.00 bits per heavy atom. The van der Waals surface area contributed by atoms with Gasteiger partial charge in [-0.05, 0) is 18.6 Å². The highest BCUT2D eigenvalue weighted by atomic mass is 127. The Morgan fingerprint density at radius 2 is 2.38 bits per heavy atom. The molecule has 0 spiro atoms. The average Bonchev–Trinajstić information content (AvgIpc) is 2.95. The minimum Gasteiger partial charge on any atom is -0.469 e. The molecular formula is C14H23IN4O2. The van der Waals surface area contributed by atoms with Crippen molar-refractivity contribution in [2.75, 3.05) is 27.2 Å². The van der Waals surface area contributed by atoms with Crippen molar-refractivity contribution in [3.8, 4) is 0 Å². The zero-order valence-corrected chi connectivity index (χ0v) is 14.8. The molecule has 6 nitrogen and oxygen atoms in total. The molecule has 2 rings (SSSR count). The lowest BCUT2D eigenvalue weighted by Gasteiger charge is -2.31. The van der Waals surface area contributed by atoms with Crippen molar-refractivity contribution < 1.29 is 9.21 Å². The number of likely N-dealkylation sites (tertiary alicyclic amines) is 1. The number of hydrogen-bond acceptors (Lipinski definition) is 3.